The van der Waals surface area contributed by atoms with E-state index in [0.717, 1.165) is 87.2 Å². The van der Waals surface area contributed by atoms with Gasteiger partial charge in [-0.3, -0.25) is 14.7 Å². The normalized spacial score (nSPS) is 16.5. The van der Waals surface area contributed by atoms with Gasteiger partial charge in [0.1, 0.15) is 63.2 Å². The van der Waals surface area contributed by atoms with Crippen LogP contribution in [-0.2, 0) is 0 Å². The van der Waals surface area contributed by atoms with Gasteiger partial charge in [-0.15, -0.1) is 0 Å². The molecule has 0 aliphatic heterocycles. The standard InChI is InChI=1S/C44H103N8O5/c1-16-25-48(6,7)35-40(53)30-45(21-23-46(31-41(54)36-49(8,9)26-17-2)32-42(55)37-50(10,11)27-18-3)22-24-47(33-43(56)38-51(12,13)28-19-4)34-44(57)39-52(14,15)29-20-5/h40-44,53-57H,16-39H2,1-15H3/q+5. The van der Waals surface area contributed by atoms with Gasteiger partial charge in [0.25, 0.3) is 0 Å². The Kier molecular flexibility index (Phi) is 27.2. The van der Waals surface area contributed by atoms with Crippen LogP contribution >= 0.6 is 0 Å². The van der Waals surface area contributed by atoms with Crippen LogP contribution in [-0.4, -0.2) is 288 Å². The third-order valence-electron chi connectivity index (χ3n) is 11.5. The Labute approximate surface area is 354 Å². The zero-order valence-corrected chi connectivity index (χ0v) is 40.7. The van der Waals surface area contributed by atoms with Crippen molar-refractivity contribution in [1.29, 1.82) is 0 Å². The average Bonchev–Trinajstić information content (AvgIpc) is 3.00. The molecule has 0 bridgehead atoms. The summed E-state index contributed by atoms with van der Waals surface area (Å²) in [5, 5.41) is 57.2. The quantitative estimate of drug-likeness (QED) is 0.0600. The van der Waals surface area contributed by atoms with Crippen molar-refractivity contribution in [3.8, 4) is 0 Å². The first-order valence-corrected chi connectivity index (χ1v) is 22.9. The van der Waals surface area contributed by atoms with E-state index in [2.05, 4.69) is 120 Å². The number of hydrogen-bond acceptors (Lipinski definition) is 8. The van der Waals surface area contributed by atoms with Gasteiger partial charge in [-0.1, -0.05) is 34.6 Å². The summed E-state index contributed by atoms with van der Waals surface area (Å²) in [5.41, 5.74) is 0. The summed E-state index contributed by atoms with van der Waals surface area (Å²) >= 11 is 0. The number of hydrogen-bond donors (Lipinski definition) is 5. The Morgan fingerprint density at radius 3 is 0.632 bits per heavy atom. The highest BCUT2D eigenvalue weighted by Gasteiger charge is 2.29. The van der Waals surface area contributed by atoms with Crippen molar-refractivity contribution in [2.45, 2.75) is 97.2 Å². The SMILES string of the molecule is CCC[N+](C)(C)CC(O)CN(CCN(CC(O)C[N+](C)(C)CCC)CC(O)C[N+](C)(C)CCC)CCN(CC(O)C[N+](C)(C)CCC)CC(O)C[N+](C)(C)CCC. The molecular formula is C44H103N8O5+5. The molecule has 0 aliphatic rings. The molecule has 0 aromatic carbocycles. The lowest BCUT2D eigenvalue weighted by molar-refractivity contribution is -0.893. The Balaban J connectivity index is 6.47. The first-order chi connectivity index (χ1) is 26.2. The molecule has 0 aromatic heterocycles. The van der Waals surface area contributed by atoms with E-state index in [0.29, 0.717) is 91.6 Å². The van der Waals surface area contributed by atoms with Crippen LogP contribution in [0, 0.1) is 0 Å². The highest BCUT2D eigenvalue weighted by molar-refractivity contribution is 4.76. The van der Waals surface area contributed by atoms with Crippen molar-refractivity contribution < 1.29 is 47.9 Å². The first kappa shape index (κ1) is 56.5. The molecule has 0 aromatic rings. The molecular weight excluding hydrogens is 721 g/mol. The highest BCUT2D eigenvalue weighted by Crippen LogP contribution is 2.11. The predicted molar refractivity (Wildman–Crippen MR) is 240 cm³/mol. The molecule has 13 heteroatoms. The Bertz CT molecular complexity index is 897. The zero-order chi connectivity index (χ0) is 44.1. The fourth-order valence-corrected chi connectivity index (χ4v) is 9.49. The maximum Gasteiger partial charge on any atom is 0.115 e. The van der Waals surface area contributed by atoms with Crippen LogP contribution in [0.4, 0.5) is 0 Å². The van der Waals surface area contributed by atoms with Gasteiger partial charge >= 0.3 is 0 Å². The van der Waals surface area contributed by atoms with Crippen molar-refractivity contribution in [2.75, 3.05) is 195 Å². The lowest BCUT2D eigenvalue weighted by Crippen LogP contribution is -2.54. The minimum atomic E-state index is -0.535. The summed E-state index contributed by atoms with van der Waals surface area (Å²) in [7, 11) is 21.7. The Morgan fingerprint density at radius 2 is 0.456 bits per heavy atom. The number of likely N-dealkylation sites (N-methyl/N-ethyl adjacent to an activating group) is 5. The topological polar surface area (TPSA) is 111 Å². The van der Waals surface area contributed by atoms with E-state index in [1.165, 1.54) is 0 Å². The highest BCUT2D eigenvalue weighted by atomic mass is 16.3. The van der Waals surface area contributed by atoms with Gasteiger partial charge in [-0.25, -0.2) is 0 Å². The van der Waals surface area contributed by atoms with Crippen molar-refractivity contribution in [1.82, 2.24) is 14.7 Å². The molecule has 0 heterocycles. The van der Waals surface area contributed by atoms with Gasteiger partial charge in [-0.05, 0) is 32.1 Å². The summed E-state index contributed by atoms with van der Waals surface area (Å²) in [5.74, 6) is 0. The molecule has 0 radical (unpaired) electrons. The zero-order valence-electron chi connectivity index (χ0n) is 40.7. The molecule has 0 rings (SSSR count). The Morgan fingerprint density at radius 1 is 0.298 bits per heavy atom. The largest absolute Gasteiger partial charge is 0.386 e. The number of nitrogens with zero attached hydrogens (tertiary/aromatic N) is 8. The van der Waals surface area contributed by atoms with E-state index in [9.17, 15) is 25.5 Å². The molecule has 0 spiro atoms. The lowest BCUT2D eigenvalue weighted by Gasteiger charge is -2.38. The van der Waals surface area contributed by atoms with Gasteiger partial charge in [0, 0.05) is 58.9 Å². The molecule has 5 N–H and O–H groups in total. The number of aliphatic hydroxyl groups excluding tert-OH is 5. The van der Waals surface area contributed by atoms with Crippen molar-refractivity contribution in [3.63, 3.8) is 0 Å². The van der Waals surface area contributed by atoms with Crippen molar-refractivity contribution in [3.05, 3.63) is 0 Å². The monoisotopic (exact) mass is 824 g/mol. The molecule has 5 unspecified atom stereocenters. The minimum absolute atomic E-state index is 0.475. The molecule has 13 nitrogen and oxygen atoms in total. The lowest BCUT2D eigenvalue weighted by atomic mass is 10.2. The molecule has 57 heavy (non-hydrogen) atoms. The molecule has 0 saturated heterocycles. The molecule has 5 atom stereocenters. The van der Waals surface area contributed by atoms with E-state index in [4.69, 9.17) is 0 Å². The van der Waals surface area contributed by atoms with Crippen LogP contribution in [0.15, 0.2) is 0 Å². The van der Waals surface area contributed by atoms with Crippen LogP contribution in [0.5, 0.6) is 0 Å². The minimum Gasteiger partial charge on any atom is -0.386 e. The van der Waals surface area contributed by atoms with Crippen molar-refractivity contribution in [2.24, 2.45) is 0 Å². The summed E-state index contributed by atoms with van der Waals surface area (Å²) in [6.07, 6.45) is 2.58. The summed E-state index contributed by atoms with van der Waals surface area (Å²) in [6, 6.07) is 0. The fraction of sp³-hybridized carbons (Fsp3) is 1.00. The smallest absolute Gasteiger partial charge is 0.115 e. The average molecular weight is 824 g/mol. The number of rotatable bonds is 36. The molecule has 0 aliphatic carbocycles. The van der Waals surface area contributed by atoms with Crippen molar-refractivity contribution >= 4 is 0 Å². The maximum absolute atomic E-state index is 11.6. The van der Waals surface area contributed by atoms with Gasteiger partial charge < -0.3 is 47.9 Å². The third kappa shape index (κ3) is 28.6. The van der Waals surface area contributed by atoms with Crippen LogP contribution in [0.25, 0.3) is 0 Å². The summed E-state index contributed by atoms with van der Waals surface area (Å²) in [6.45, 7) is 24.1. The van der Waals surface area contributed by atoms with Gasteiger partial charge in [0.15, 0.2) is 0 Å². The third-order valence-corrected chi connectivity index (χ3v) is 11.5. The van der Waals surface area contributed by atoms with Gasteiger partial charge in [0.2, 0.25) is 0 Å². The second-order valence-electron chi connectivity index (χ2n) is 21.3. The van der Waals surface area contributed by atoms with Gasteiger partial charge in [0.05, 0.1) is 103 Å². The second-order valence-corrected chi connectivity index (χ2v) is 21.3. The summed E-state index contributed by atoms with van der Waals surface area (Å²) < 4.78 is 3.73. The molecule has 0 saturated carbocycles. The van der Waals surface area contributed by atoms with Crippen LogP contribution in [0.2, 0.25) is 0 Å². The number of quaternary nitrogens is 5. The molecule has 0 fully saturated rings. The van der Waals surface area contributed by atoms with Crippen LogP contribution in [0.3, 0.4) is 0 Å². The first-order valence-electron chi connectivity index (χ1n) is 22.9. The van der Waals surface area contributed by atoms with E-state index >= 15 is 0 Å². The van der Waals surface area contributed by atoms with Gasteiger partial charge in [-0.2, -0.15) is 0 Å². The predicted octanol–water partition coefficient (Wildman–Crippen LogP) is 1.13. The maximum atomic E-state index is 11.6. The molecule has 0 amide bonds. The van der Waals surface area contributed by atoms with E-state index in [-0.39, 0.29) is 0 Å². The molecule has 344 valence electrons. The van der Waals surface area contributed by atoms with Crippen LogP contribution in [0.1, 0.15) is 66.7 Å². The van der Waals surface area contributed by atoms with E-state index in [1.807, 2.05) is 0 Å². The van der Waals surface area contributed by atoms with Crippen LogP contribution < -0.4 is 0 Å². The fourth-order valence-electron chi connectivity index (χ4n) is 9.49. The number of aliphatic hydroxyl groups is 5. The van der Waals surface area contributed by atoms with E-state index in [1.54, 1.807) is 0 Å². The second kappa shape index (κ2) is 27.4. The summed E-state index contributed by atoms with van der Waals surface area (Å²) in [4.78, 5) is 6.79. The Hall–Kier alpha value is -0.520. The van der Waals surface area contributed by atoms with E-state index < -0.39 is 30.5 Å².